The molecule has 5 nitrogen and oxygen atoms in total. The van der Waals surface area contributed by atoms with Crippen molar-refractivity contribution >= 4 is 34.1 Å². The largest absolute Gasteiger partial charge is 0.329 e. The monoisotopic (exact) mass is 372 g/mol. The molecule has 0 aliphatic carbocycles. The van der Waals surface area contributed by atoms with Crippen LogP contribution in [0.15, 0.2) is 47.2 Å². The molecule has 3 aromatic rings. The number of hydrogen-bond donors (Lipinski definition) is 1. The Hall–Kier alpha value is -2.12. The van der Waals surface area contributed by atoms with Gasteiger partial charge in [-0.3, -0.25) is 4.79 Å². The van der Waals surface area contributed by atoms with Crippen molar-refractivity contribution in [3.8, 4) is 11.3 Å². The molecular weight excluding hydrogens is 352 g/mol. The summed E-state index contributed by atoms with van der Waals surface area (Å²) < 4.78 is 1.89. The average Bonchev–Trinajstić information content (AvgIpc) is 3.23. The topological polar surface area (TPSA) is 59.8 Å². The number of thioether (sulfide) groups is 1. The second kappa shape index (κ2) is 8.31. The number of nitrogens with one attached hydrogen (secondary N) is 1. The van der Waals surface area contributed by atoms with E-state index in [1.165, 1.54) is 28.7 Å². The van der Waals surface area contributed by atoms with Gasteiger partial charge >= 0.3 is 0 Å². The fourth-order valence-corrected chi connectivity index (χ4v) is 3.84. The van der Waals surface area contributed by atoms with Crippen LogP contribution in [-0.4, -0.2) is 26.2 Å². The number of aromatic nitrogens is 3. The standard InChI is InChI=1S/C18H20N4OS2/c1-3-4-13-5-7-14(8-6-13)15-11-24-17(20-15)21-16(23)12-25-18-19-9-10-22(18)2/h5-11H,3-4,12H2,1-2H3,(H,20,21,23). The molecule has 0 unspecified atom stereocenters. The number of carbonyl (C=O) groups excluding carboxylic acids is 1. The van der Waals surface area contributed by atoms with Gasteiger partial charge in [0.1, 0.15) is 0 Å². The molecule has 3 rings (SSSR count). The summed E-state index contributed by atoms with van der Waals surface area (Å²) in [5.74, 6) is 0.234. The normalized spacial score (nSPS) is 10.8. The third-order valence-electron chi connectivity index (χ3n) is 3.65. The molecule has 2 heterocycles. The quantitative estimate of drug-likeness (QED) is 0.631. The fraction of sp³-hybridized carbons (Fsp3) is 0.278. The molecule has 1 aromatic carbocycles. The number of nitrogens with zero attached hydrogens (tertiary/aromatic N) is 3. The molecule has 0 atom stereocenters. The molecule has 0 aliphatic rings. The molecule has 2 aromatic heterocycles. The molecule has 0 aliphatic heterocycles. The molecule has 0 radical (unpaired) electrons. The maximum Gasteiger partial charge on any atom is 0.236 e. The number of amides is 1. The number of rotatable bonds is 7. The van der Waals surface area contributed by atoms with Crippen LogP contribution in [0.4, 0.5) is 5.13 Å². The van der Waals surface area contributed by atoms with Crippen LogP contribution < -0.4 is 5.32 Å². The molecule has 1 amide bonds. The van der Waals surface area contributed by atoms with E-state index in [4.69, 9.17) is 0 Å². The molecule has 0 spiro atoms. The van der Waals surface area contributed by atoms with Gasteiger partial charge in [-0.1, -0.05) is 49.4 Å². The van der Waals surface area contributed by atoms with Gasteiger partial charge in [0.25, 0.3) is 0 Å². The molecule has 1 N–H and O–H groups in total. The highest BCUT2D eigenvalue weighted by Crippen LogP contribution is 2.25. The van der Waals surface area contributed by atoms with Crippen LogP contribution in [0.2, 0.25) is 0 Å². The Morgan fingerprint density at radius 1 is 1.32 bits per heavy atom. The summed E-state index contributed by atoms with van der Waals surface area (Å²) in [5, 5.41) is 6.27. The van der Waals surface area contributed by atoms with Crippen LogP contribution in [0.25, 0.3) is 11.3 Å². The van der Waals surface area contributed by atoms with Crippen LogP contribution in [0, 0.1) is 0 Å². The van der Waals surface area contributed by atoms with Crippen LogP contribution in [0.1, 0.15) is 18.9 Å². The van der Waals surface area contributed by atoms with Crippen molar-refractivity contribution in [1.82, 2.24) is 14.5 Å². The van der Waals surface area contributed by atoms with Crippen molar-refractivity contribution in [2.24, 2.45) is 7.05 Å². The van der Waals surface area contributed by atoms with Gasteiger partial charge in [0.05, 0.1) is 11.4 Å². The Morgan fingerprint density at radius 2 is 2.12 bits per heavy atom. The zero-order chi connectivity index (χ0) is 17.6. The Bertz CT molecular complexity index is 839. The first-order valence-corrected chi connectivity index (χ1v) is 9.97. The van der Waals surface area contributed by atoms with Crippen molar-refractivity contribution in [2.75, 3.05) is 11.1 Å². The lowest BCUT2D eigenvalue weighted by Crippen LogP contribution is -2.14. The van der Waals surface area contributed by atoms with Gasteiger partial charge in [-0.25, -0.2) is 9.97 Å². The Morgan fingerprint density at radius 3 is 2.80 bits per heavy atom. The number of aryl methyl sites for hydroxylation is 2. The van der Waals surface area contributed by atoms with E-state index in [0.717, 1.165) is 29.3 Å². The Balaban J connectivity index is 1.57. The highest BCUT2D eigenvalue weighted by molar-refractivity contribution is 7.99. The minimum atomic E-state index is -0.0767. The molecule has 0 fully saturated rings. The van der Waals surface area contributed by atoms with Gasteiger partial charge in [-0.2, -0.15) is 0 Å². The summed E-state index contributed by atoms with van der Waals surface area (Å²) in [6.45, 7) is 2.18. The molecule has 130 valence electrons. The third kappa shape index (κ3) is 4.70. The molecule has 0 saturated heterocycles. The lowest BCUT2D eigenvalue weighted by atomic mass is 10.1. The van der Waals surface area contributed by atoms with Gasteiger partial charge in [0.2, 0.25) is 5.91 Å². The number of anilines is 1. The van der Waals surface area contributed by atoms with Crippen LogP contribution in [-0.2, 0) is 18.3 Å². The van der Waals surface area contributed by atoms with Gasteiger partial charge < -0.3 is 9.88 Å². The predicted molar refractivity (Wildman–Crippen MR) is 104 cm³/mol. The summed E-state index contributed by atoms with van der Waals surface area (Å²) in [4.78, 5) is 20.8. The number of carbonyl (C=O) groups is 1. The maximum absolute atomic E-state index is 12.1. The molecule has 0 saturated carbocycles. The van der Waals surface area contributed by atoms with Crippen molar-refractivity contribution < 1.29 is 4.79 Å². The molecule has 0 bridgehead atoms. The summed E-state index contributed by atoms with van der Waals surface area (Å²) in [5.41, 5.74) is 3.29. The first-order chi connectivity index (χ1) is 12.2. The van der Waals surface area contributed by atoms with Crippen molar-refractivity contribution in [3.05, 3.63) is 47.6 Å². The second-order valence-corrected chi connectivity index (χ2v) is 7.44. The first kappa shape index (κ1) is 17.7. The lowest BCUT2D eigenvalue weighted by molar-refractivity contribution is -0.113. The number of hydrogen-bond acceptors (Lipinski definition) is 5. The Kier molecular flexibility index (Phi) is 5.88. The zero-order valence-corrected chi connectivity index (χ0v) is 15.9. The average molecular weight is 373 g/mol. The van der Waals surface area contributed by atoms with E-state index >= 15 is 0 Å². The highest BCUT2D eigenvalue weighted by Gasteiger charge is 2.10. The van der Waals surface area contributed by atoms with E-state index in [1.807, 2.05) is 23.2 Å². The molecule has 7 heteroatoms. The summed E-state index contributed by atoms with van der Waals surface area (Å²) in [6.07, 6.45) is 5.81. The number of imidazole rings is 1. The number of benzene rings is 1. The van der Waals surface area contributed by atoms with Gasteiger partial charge in [0, 0.05) is 30.4 Å². The fourth-order valence-electron chi connectivity index (χ4n) is 2.37. The van der Waals surface area contributed by atoms with Gasteiger partial charge in [0.15, 0.2) is 10.3 Å². The summed E-state index contributed by atoms with van der Waals surface area (Å²) in [7, 11) is 1.91. The van der Waals surface area contributed by atoms with Crippen molar-refractivity contribution in [3.63, 3.8) is 0 Å². The van der Waals surface area contributed by atoms with Crippen molar-refractivity contribution in [2.45, 2.75) is 24.9 Å². The summed E-state index contributed by atoms with van der Waals surface area (Å²) in [6, 6.07) is 8.45. The van der Waals surface area contributed by atoms with Crippen LogP contribution in [0.3, 0.4) is 0 Å². The predicted octanol–water partition coefficient (Wildman–Crippen LogP) is 4.23. The molecular formula is C18H20N4OS2. The van der Waals surface area contributed by atoms with E-state index in [2.05, 4.69) is 46.5 Å². The highest BCUT2D eigenvalue weighted by atomic mass is 32.2. The van der Waals surface area contributed by atoms with Crippen LogP contribution in [0.5, 0.6) is 0 Å². The SMILES string of the molecule is CCCc1ccc(-c2csc(NC(=O)CSc3nccn3C)n2)cc1. The maximum atomic E-state index is 12.1. The zero-order valence-electron chi connectivity index (χ0n) is 14.2. The minimum absolute atomic E-state index is 0.0767. The molecule has 25 heavy (non-hydrogen) atoms. The first-order valence-electron chi connectivity index (χ1n) is 8.10. The second-order valence-electron chi connectivity index (χ2n) is 5.64. The van der Waals surface area contributed by atoms with E-state index in [-0.39, 0.29) is 5.91 Å². The van der Waals surface area contributed by atoms with Gasteiger partial charge in [-0.05, 0) is 12.0 Å². The number of thiazole rings is 1. The van der Waals surface area contributed by atoms with E-state index in [9.17, 15) is 4.79 Å². The van der Waals surface area contributed by atoms with Gasteiger partial charge in [-0.15, -0.1) is 11.3 Å². The minimum Gasteiger partial charge on any atom is -0.329 e. The smallest absolute Gasteiger partial charge is 0.236 e. The van der Waals surface area contributed by atoms with Crippen LogP contribution >= 0.6 is 23.1 Å². The Labute approximate surface area is 155 Å². The van der Waals surface area contributed by atoms with Crippen molar-refractivity contribution in [1.29, 1.82) is 0 Å². The van der Waals surface area contributed by atoms with E-state index in [0.29, 0.717) is 10.9 Å². The van der Waals surface area contributed by atoms with E-state index < -0.39 is 0 Å². The van der Waals surface area contributed by atoms with E-state index in [1.54, 1.807) is 6.20 Å². The summed E-state index contributed by atoms with van der Waals surface area (Å²) >= 11 is 2.85. The lowest BCUT2D eigenvalue weighted by Gasteiger charge is -2.02. The third-order valence-corrected chi connectivity index (χ3v) is 5.46.